The van der Waals surface area contributed by atoms with Crippen LogP contribution in [-0.4, -0.2) is 22.5 Å². The molecule has 0 aromatic carbocycles. The monoisotopic (exact) mass is 267 g/mol. The third kappa shape index (κ3) is 3.71. The van der Waals surface area contributed by atoms with Gasteiger partial charge in [0, 0.05) is 6.42 Å². The average molecular weight is 267 g/mol. The fraction of sp³-hybridized carbons (Fsp3) is 0.867. The predicted octanol–water partition coefficient (Wildman–Crippen LogP) is 2.86. The van der Waals surface area contributed by atoms with E-state index in [4.69, 9.17) is 0 Å². The van der Waals surface area contributed by atoms with Gasteiger partial charge in [-0.3, -0.25) is 4.79 Å². The summed E-state index contributed by atoms with van der Waals surface area (Å²) >= 11 is 0. The molecule has 108 valence electrons. The molecule has 0 aliphatic heterocycles. The molecule has 0 aromatic heterocycles. The van der Waals surface area contributed by atoms with Crippen molar-refractivity contribution in [2.75, 3.05) is 0 Å². The van der Waals surface area contributed by atoms with Crippen molar-refractivity contribution < 1.29 is 14.7 Å². The van der Waals surface area contributed by atoms with Gasteiger partial charge >= 0.3 is 5.97 Å². The van der Waals surface area contributed by atoms with E-state index in [9.17, 15) is 14.7 Å². The Hall–Kier alpha value is -1.06. The molecular formula is C15H25NO3. The van der Waals surface area contributed by atoms with Gasteiger partial charge in [0.25, 0.3) is 0 Å². The number of aliphatic carboxylic acids is 1. The zero-order valence-electron chi connectivity index (χ0n) is 11.6. The van der Waals surface area contributed by atoms with E-state index in [-0.39, 0.29) is 5.91 Å². The van der Waals surface area contributed by atoms with Crippen LogP contribution in [0.5, 0.6) is 0 Å². The summed E-state index contributed by atoms with van der Waals surface area (Å²) in [5.41, 5.74) is -0.982. The number of amides is 1. The number of carbonyl (C=O) groups excluding carboxylic acids is 1. The van der Waals surface area contributed by atoms with Gasteiger partial charge in [-0.1, -0.05) is 38.5 Å². The summed E-state index contributed by atoms with van der Waals surface area (Å²) in [5.74, 6) is -0.455. The van der Waals surface area contributed by atoms with Crippen LogP contribution in [0.4, 0.5) is 0 Å². The van der Waals surface area contributed by atoms with E-state index < -0.39 is 11.5 Å². The minimum Gasteiger partial charge on any atom is -0.480 e. The smallest absolute Gasteiger partial charge is 0.329 e. The van der Waals surface area contributed by atoms with Gasteiger partial charge in [-0.25, -0.2) is 4.79 Å². The number of rotatable bonds is 4. The van der Waals surface area contributed by atoms with Crippen LogP contribution in [-0.2, 0) is 9.59 Å². The molecule has 0 bridgehead atoms. The van der Waals surface area contributed by atoms with E-state index in [0.29, 0.717) is 25.2 Å². The van der Waals surface area contributed by atoms with E-state index in [1.54, 1.807) is 0 Å². The maximum Gasteiger partial charge on any atom is 0.329 e. The maximum absolute atomic E-state index is 12.1. The standard InChI is InChI=1S/C15H25NO3/c17-13(11-12-7-3-1-4-8-12)16-15(14(18)19)9-5-2-6-10-15/h12H,1-11H2,(H,16,17)(H,18,19). The molecule has 0 heterocycles. The van der Waals surface area contributed by atoms with Crippen molar-refractivity contribution in [2.24, 2.45) is 5.92 Å². The van der Waals surface area contributed by atoms with Crippen molar-refractivity contribution in [3.8, 4) is 0 Å². The minimum absolute atomic E-state index is 0.0591. The molecule has 2 rings (SSSR count). The molecule has 2 fully saturated rings. The van der Waals surface area contributed by atoms with Crippen LogP contribution in [0, 0.1) is 5.92 Å². The SMILES string of the molecule is O=C(CC1CCCCC1)NC1(C(=O)O)CCCCC1. The van der Waals surface area contributed by atoms with Crippen LogP contribution in [0.2, 0.25) is 0 Å². The number of carboxylic acid groups (broad SMARTS) is 1. The molecule has 1 amide bonds. The highest BCUT2D eigenvalue weighted by Crippen LogP contribution is 2.30. The molecule has 0 atom stereocenters. The first-order valence-corrected chi connectivity index (χ1v) is 7.67. The van der Waals surface area contributed by atoms with Crippen LogP contribution in [0.3, 0.4) is 0 Å². The first-order valence-electron chi connectivity index (χ1n) is 7.67. The summed E-state index contributed by atoms with van der Waals surface area (Å²) in [4.78, 5) is 23.6. The molecule has 4 nitrogen and oxygen atoms in total. The quantitative estimate of drug-likeness (QED) is 0.823. The maximum atomic E-state index is 12.1. The summed E-state index contributed by atoms with van der Waals surface area (Å²) in [6.07, 6.45) is 10.5. The molecule has 19 heavy (non-hydrogen) atoms. The lowest BCUT2D eigenvalue weighted by Crippen LogP contribution is -2.55. The van der Waals surface area contributed by atoms with Crippen LogP contribution in [0.1, 0.15) is 70.6 Å². The minimum atomic E-state index is -0.982. The van der Waals surface area contributed by atoms with Crippen molar-refractivity contribution in [1.29, 1.82) is 0 Å². The molecule has 0 spiro atoms. The Bertz CT molecular complexity index is 328. The zero-order valence-corrected chi connectivity index (χ0v) is 11.6. The van der Waals surface area contributed by atoms with Crippen LogP contribution < -0.4 is 5.32 Å². The van der Waals surface area contributed by atoms with Crippen LogP contribution >= 0.6 is 0 Å². The number of hydrogen-bond acceptors (Lipinski definition) is 2. The van der Waals surface area contributed by atoms with E-state index >= 15 is 0 Å². The predicted molar refractivity (Wildman–Crippen MR) is 72.8 cm³/mol. The molecule has 2 N–H and O–H groups in total. The topological polar surface area (TPSA) is 66.4 Å². The van der Waals surface area contributed by atoms with Gasteiger partial charge in [0.2, 0.25) is 5.91 Å². The van der Waals surface area contributed by atoms with Gasteiger partial charge in [-0.15, -0.1) is 0 Å². The Morgan fingerprint density at radius 3 is 2.16 bits per heavy atom. The highest BCUT2D eigenvalue weighted by Gasteiger charge is 2.41. The summed E-state index contributed by atoms with van der Waals surface area (Å²) < 4.78 is 0. The first kappa shape index (κ1) is 14.4. The van der Waals surface area contributed by atoms with Crippen molar-refractivity contribution >= 4 is 11.9 Å². The first-order chi connectivity index (χ1) is 9.12. The second-order valence-corrected chi connectivity index (χ2v) is 6.20. The average Bonchev–Trinajstić information content (AvgIpc) is 2.40. The Balaban J connectivity index is 1.89. The van der Waals surface area contributed by atoms with Crippen molar-refractivity contribution in [3.05, 3.63) is 0 Å². The van der Waals surface area contributed by atoms with E-state index in [1.807, 2.05) is 0 Å². The van der Waals surface area contributed by atoms with Gasteiger partial charge in [-0.2, -0.15) is 0 Å². The summed E-state index contributed by atoms with van der Waals surface area (Å²) in [7, 11) is 0. The molecule has 0 radical (unpaired) electrons. The molecule has 4 heteroatoms. The van der Waals surface area contributed by atoms with E-state index in [1.165, 1.54) is 19.3 Å². The van der Waals surface area contributed by atoms with Crippen molar-refractivity contribution in [3.63, 3.8) is 0 Å². The molecule has 0 unspecified atom stereocenters. The van der Waals surface area contributed by atoms with E-state index in [0.717, 1.165) is 32.1 Å². The van der Waals surface area contributed by atoms with Gasteiger partial charge in [-0.05, 0) is 31.6 Å². The highest BCUT2D eigenvalue weighted by atomic mass is 16.4. The van der Waals surface area contributed by atoms with Gasteiger partial charge in [0.1, 0.15) is 5.54 Å². The fourth-order valence-electron chi connectivity index (χ4n) is 3.52. The zero-order chi connectivity index (χ0) is 13.7. The van der Waals surface area contributed by atoms with Crippen LogP contribution in [0.25, 0.3) is 0 Å². The van der Waals surface area contributed by atoms with Gasteiger partial charge in [0.15, 0.2) is 0 Å². The molecular weight excluding hydrogens is 242 g/mol. The molecule has 2 saturated carbocycles. The second-order valence-electron chi connectivity index (χ2n) is 6.20. The van der Waals surface area contributed by atoms with Gasteiger partial charge < -0.3 is 10.4 Å². The third-order valence-corrected chi connectivity index (χ3v) is 4.69. The summed E-state index contributed by atoms with van der Waals surface area (Å²) in [6.45, 7) is 0. The third-order valence-electron chi connectivity index (χ3n) is 4.69. The molecule has 2 aliphatic rings. The lowest BCUT2D eigenvalue weighted by molar-refractivity contribution is -0.149. The fourth-order valence-corrected chi connectivity index (χ4v) is 3.52. The van der Waals surface area contributed by atoms with Gasteiger partial charge in [0.05, 0.1) is 0 Å². The highest BCUT2D eigenvalue weighted by molar-refractivity contribution is 5.87. The Morgan fingerprint density at radius 1 is 1.00 bits per heavy atom. The Kier molecular flexibility index (Phi) is 4.83. The van der Waals surface area contributed by atoms with Crippen molar-refractivity contribution in [2.45, 2.75) is 76.2 Å². The second kappa shape index (κ2) is 6.40. The Morgan fingerprint density at radius 2 is 1.58 bits per heavy atom. The molecule has 2 aliphatic carbocycles. The number of hydrogen-bond donors (Lipinski definition) is 2. The lowest BCUT2D eigenvalue weighted by atomic mass is 9.81. The largest absolute Gasteiger partial charge is 0.480 e. The summed E-state index contributed by atoms with van der Waals surface area (Å²) in [5, 5.41) is 12.3. The number of carbonyl (C=O) groups is 2. The number of nitrogens with one attached hydrogen (secondary N) is 1. The van der Waals surface area contributed by atoms with Crippen molar-refractivity contribution in [1.82, 2.24) is 5.32 Å². The van der Waals surface area contributed by atoms with E-state index in [2.05, 4.69) is 5.32 Å². The number of carboxylic acids is 1. The Labute approximate surface area is 115 Å². The lowest BCUT2D eigenvalue weighted by Gasteiger charge is -2.34. The molecule has 0 saturated heterocycles. The van der Waals surface area contributed by atoms with Crippen LogP contribution in [0.15, 0.2) is 0 Å². The normalized spacial score (nSPS) is 23.8. The molecule has 0 aromatic rings. The summed E-state index contributed by atoms with van der Waals surface area (Å²) in [6, 6.07) is 0.